The number of alkyl halides is 2. The summed E-state index contributed by atoms with van der Waals surface area (Å²) in [6, 6.07) is 7.69. The number of amides is 1. The number of ether oxygens (including phenoxy) is 1. The van der Waals surface area contributed by atoms with Gasteiger partial charge >= 0.3 is 6.09 Å². The maximum absolute atomic E-state index is 15.5. The van der Waals surface area contributed by atoms with Crippen molar-refractivity contribution in [3.05, 3.63) is 47.3 Å². The highest BCUT2D eigenvalue weighted by molar-refractivity contribution is 5.66. The Morgan fingerprint density at radius 2 is 1.89 bits per heavy atom. The molecule has 10 heteroatoms. The average molecular weight is 519 g/mol. The van der Waals surface area contributed by atoms with Crippen molar-refractivity contribution < 1.29 is 27.2 Å². The van der Waals surface area contributed by atoms with Crippen LogP contribution in [0.3, 0.4) is 0 Å². The van der Waals surface area contributed by atoms with Crippen LogP contribution >= 0.6 is 0 Å². The number of aryl methyl sites for hydroxylation is 1. The van der Waals surface area contributed by atoms with E-state index in [9.17, 15) is 10.1 Å². The summed E-state index contributed by atoms with van der Waals surface area (Å²) in [5.74, 6) is -4.43. The SMILES string of the molecule is Cc1ccc(Nc2nc(N(C)C3C([N+](C)(C)C(=O)OC(C)(C)C)CCCC3(F)F)c(F)cc2C#N)cc1. The highest BCUT2D eigenvalue weighted by Crippen LogP contribution is 2.42. The minimum Gasteiger partial charge on any atom is -0.414 e. The number of hydrogen-bond donors (Lipinski definition) is 1. The number of halogens is 3. The first-order chi connectivity index (χ1) is 17.1. The molecule has 2 aromatic rings. The molecule has 200 valence electrons. The lowest BCUT2D eigenvalue weighted by Crippen LogP contribution is -2.68. The van der Waals surface area contributed by atoms with Gasteiger partial charge in [-0.2, -0.15) is 10.1 Å². The first-order valence-electron chi connectivity index (χ1n) is 12.2. The lowest BCUT2D eigenvalue weighted by atomic mass is 9.84. The van der Waals surface area contributed by atoms with Crippen LogP contribution in [0.2, 0.25) is 0 Å². The number of nitriles is 1. The summed E-state index contributed by atoms with van der Waals surface area (Å²) >= 11 is 0. The standard InChI is InChI=1S/C27H35F3N5O2/c1-17-10-12-19(13-11-17)32-23-18(16-31)15-20(28)24(33-23)34(5)22-21(9-8-14-27(22,29)30)35(6,7)25(36)37-26(2,3)4/h10-13,15,21-22H,8-9,14H2,1-7H3,(H,32,33)/q+1. The van der Waals surface area contributed by atoms with Gasteiger partial charge in [0.05, 0.1) is 19.7 Å². The van der Waals surface area contributed by atoms with Crippen LogP contribution in [-0.4, -0.2) is 60.3 Å². The third kappa shape index (κ3) is 6.16. The zero-order chi connectivity index (χ0) is 27.8. The Bertz CT molecular complexity index is 1190. The van der Waals surface area contributed by atoms with Crippen molar-refractivity contribution in [1.29, 1.82) is 5.26 Å². The van der Waals surface area contributed by atoms with Crippen molar-refractivity contribution in [2.24, 2.45) is 0 Å². The van der Waals surface area contributed by atoms with Gasteiger partial charge < -0.3 is 15.0 Å². The van der Waals surface area contributed by atoms with E-state index < -0.39 is 46.4 Å². The molecule has 7 nitrogen and oxygen atoms in total. The number of hydrogen-bond acceptors (Lipinski definition) is 6. The number of anilines is 3. The van der Waals surface area contributed by atoms with Crippen LogP contribution < -0.4 is 10.2 Å². The van der Waals surface area contributed by atoms with E-state index in [4.69, 9.17) is 4.74 Å². The molecule has 1 aliphatic rings. The Kier molecular flexibility index (Phi) is 7.80. The molecule has 0 bridgehead atoms. The van der Waals surface area contributed by atoms with E-state index in [0.717, 1.165) is 16.5 Å². The molecule has 1 heterocycles. The molecule has 1 N–H and O–H groups in total. The van der Waals surface area contributed by atoms with Crippen molar-refractivity contribution in [3.63, 3.8) is 0 Å². The molecule has 1 aromatic heterocycles. The summed E-state index contributed by atoms with van der Waals surface area (Å²) in [4.78, 5) is 18.5. The first kappa shape index (κ1) is 28.3. The van der Waals surface area contributed by atoms with Crippen molar-refractivity contribution in [2.45, 2.75) is 70.6 Å². The van der Waals surface area contributed by atoms with Crippen LogP contribution in [0.15, 0.2) is 30.3 Å². The molecule has 1 saturated carbocycles. The van der Waals surface area contributed by atoms with E-state index in [1.807, 2.05) is 25.1 Å². The Hall–Kier alpha value is -3.32. The van der Waals surface area contributed by atoms with Gasteiger partial charge in [-0.25, -0.2) is 22.6 Å². The molecular formula is C27H35F3N5O2+. The third-order valence-corrected chi connectivity index (χ3v) is 6.64. The molecule has 2 unspecified atom stereocenters. The number of rotatable bonds is 5. The molecule has 37 heavy (non-hydrogen) atoms. The number of nitrogens with one attached hydrogen (secondary N) is 1. The van der Waals surface area contributed by atoms with Crippen LogP contribution in [0.5, 0.6) is 0 Å². The molecule has 0 aliphatic heterocycles. The van der Waals surface area contributed by atoms with Gasteiger partial charge in [-0.05, 0) is 52.3 Å². The van der Waals surface area contributed by atoms with Gasteiger partial charge in [0.2, 0.25) is 0 Å². The molecule has 1 fully saturated rings. The molecule has 0 radical (unpaired) electrons. The quantitative estimate of drug-likeness (QED) is 0.479. The van der Waals surface area contributed by atoms with Gasteiger partial charge in [-0.3, -0.25) is 0 Å². The van der Waals surface area contributed by atoms with E-state index in [1.54, 1.807) is 32.9 Å². The highest BCUT2D eigenvalue weighted by atomic mass is 19.3. The van der Waals surface area contributed by atoms with Crippen LogP contribution in [-0.2, 0) is 4.74 Å². The van der Waals surface area contributed by atoms with Crippen molar-refractivity contribution in [1.82, 2.24) is 4.98 Å². The van der Waals surface area contributed by atoms with E-state index in [0.29, 0.717) is 12.1 Å². The second kappa shape index (κ2) is 10.2. The van der Waals surface area contributed by atoms with Crippen LogP contribution in [0, 0.1) is 24.1 Å². The second-order valence-corrected chi connectivity index (χ2v) is 11.1. The number of nitrogens with zero attached hydrogens (tertiary/aromatic N) is 4. The number of pyridine rings is 1. The van der Waals surface area contributed by atoms with Crippen LogP contribution in [0.25, 0.3) is 0 Å². The fourth-order valence-electron chi connectivity index (χ4n) is 4.68. The molecule has 0 spiro atoms. The molecular weight excluding hydrogens is 483 g/mol. The minimum absolute atomic E-state index is 0.0474. The van der Waals surface area contributed by atoms with Gasteiger partial charge in [-0.15, -0.1) is 0 Å². The normalized spacial score (nSPS) is 19.6. The largest absolute Gasteiger partial charge is 0.516 e. The zero-order valence-electron chi connectivity index (χ0n) is 22.4. The average Bonchev–Trinajstić information content (AvgIpc) is 2.79. The molecule has 3 rings (SSSR count). The molecule has 2 atom stereocenters. The fourth-order valence-corrected chi connectivity index (χ4v) is 4.68. The smallest absolute Gasteiger partial charge is 0.414 e. The van der Waals surface area contributed by atoms with Crippen molar-refractivity contribution in [3.8, 4) is 6.07 Å². The maximum atomic E-state index is 15.5. The van der Waals surface area contributed by atoms with E-state index in [1.165, 1.54) is 21.1 Å². The molecule has 0 saturated heterocycles. The number of benzene rings is 1. The number of likely N-dealkylation sites (N-methyl/N-ethyl adjacent to an activating group) is 2. The summed E-state index contributed by atoms with van der Waals surface area (Å²) in [5, 5.41) is 12.5. The van der Waals surface area contributed by atoms with Crippen LogP contribution in [0.4, 0.5) is 35.3 Å². The second-order valence-electron chi connectivity index (χ2n) is 11.1. The highest BCUT2D eigenvalue weighted by Gasteiger charge is 2.58. The number of carbonyl (C=O) groups is 1. The van der Waals surface area contributed by atoms with E-state index >= 15 is 13.2 Å². The summed E-state index contributed by atoms with van der Waals surface area (Å²) in [7, 11) is 4.42. The Labute approximate surface area is 216 Å². The first-order valence-corrected chi connectivity index (χ1v) is 12.2. The number of quaternary nitrogens is 1. The summed E-state index contributed by atoms with van der Waals surface area (Å²) in [6.07, 6.45) is -0.540. The Morgan fingerprint density at radius 3 is 2.46 bits per heavy atom. The predicted molar refractivity (Wildman–Crippen MR) is 136 cm³/mol. The van der Waals surface area contributed by atoms with Gasteiger partial charge in [0.15, 0.2) is 17.5 Å². The molecule has 1 aliphatic carbocycles. The summed E-state index contributed by atoms with van der Waals surface area (Å²) < 4.78 is 51.4. The summed E-state index contributed by atoms with van der Waals surface area (Å²) in [6.45, 7) is 7.06. The Balaban J connectivity index is 2.05. The molecule has 1 aromatic carbocycles. The molecule has 1 amide bonds. The minimum atomic E-state index is -3.23. The number of aromatic nitrogens is 1. The van der Waals surface area contributed by atoms with Crippen molar-refractivity contribution in [2.75, 3.05) is 31.4 Å². The maximum Gasteiger partial charge on any atom is 0.516 e. The topological polar surface area (TPSA) is 78.2 Å². The van der Waals surface area contributed by atoms with E-state index in [-0.39, 0.29) is 23.6 Å². The lowest BCUT2D eigenvalue weighted by molar-refractivity contribution is -0.848. The Morgan fingerprint density at radius 1 is 1.27 bits per heavy atom. The number of carbonyl (C=O) groups excluding carboxylic acids is 1. The van der Waals surface area contributed by atoms with Gasteiger partial charge in [0.1, 0.15) is 23.8 Å². The van der Waals surface area contributed by atoms with Crippen molar-refractivity contribution >= 4 is 23.4 Å². The third-order valence-electron chi connectivity index (χ3n) is 6.64. The monoisotopic (exact) mass is 518 g/mol. The van der Waals surface area contributed by atoms with Gasteiger partial charge in [-0.1, -0.05) is 17.7 Å². The van der Waals surface area contributed by atoms with E-state index in [2.05, 4.69) is 10.3 Å². The van der Waals surface area contributed by atoms with Gasteiger partial charge in [0, 0.05) is 25.6 Å². The fraction of sp³-hybridized carbons (Fsp3) is 0.519. The lowest BCUT2D eigenvalue weighted by Gasteiger charge is -2.48. The van der Waals surface area contributed by atoms with Crippen LogP contribution in [0.1, 0.15) is 51.2 Å². The summed E-state index contributed by atoms with van der Waals surface area (Å²) in [5.41, 5.74) is 0.767. The van der Waals surface area contributed by atoms with Gasteiger partial charge in [0.25, 0.3) is 5.92 Å². The predicted octanol–water partition coefficient (Wildman–Crippen LogP) is 6.15. The zero-order valence-corrected chi connectivity index (χ0v) is 22.4.